The minimum Gasteiger partial charge on any atom is -0.310 e. The highest BCUT2D eigenvalue weighted by molar-refractivity contribution is 5.87. The molecule has 0 heterocycles. The van der Waals surface area contributed by atoms with E-state index in [0.717, 1.165) is 29.6 Å². The van der Waals surface area contributed by atoms with Crippen LogP contribution < -0.4 is 4.90 Å². The summed E-state index contributed by atoms with van der Waals surface area (Å²) in [6, 6.07) is 53.7. The minimum atomic E-state index is -0.125. The van der Waals surface area contributed by atoms with Gasteiger partial charge in [0.05, 0.1) is 0 Å². The lowest BCUT2D eigenvalue weighted by atomic mass is 9.51. The van der Waals surface area contributed by atoms with E-state index in [1.165, 1.54) is 131 Å². The van der Waals surface area contributed by atoms with Gasteiger partial charge in [0.1, 0.15) is 0 Å². The molecule has 0 unspecified atom stereocenters. The van der Waals surface area contributed by atoms with E-state index in [1.54, 1.807) is 5.56 Å². The molecule has 6 aromatic carbocycles. The largest absolute Gasteiger partial charge is 0.310 e. The normalized spacial score (nSPS) is 24.5. The van der Waals surface area contributed by atoms with Crippen molar-refractivity contribution >= 4 is 17.1 Å². The molecule has 0 saturated heterocycles. The van der Waals surface area contributed by atoms with Crippen molar-refractivity contribution < 1.29 is 0 Å². The Morgan fingerprint density at radius 3 is 1.57 bits per heavy atom. The standard InChI is InChI=1S/C55H55N/c1-55(2)52-34-44(42-15-13-40(14-16-42)38-9-5-3-6-10-38)21-27-50(52)51-28-26-49(35-53(51)55)56(47-22-17-41(18-23-47)39-11-7-4-8-12-39)48-24-19-43(20-25-48)54-45-30-36-29-37(32-45)33-46(54)31-36/h3,5-6,9-10,13-28,34-37,39,45-46,54H,4,7-8,11-12,29-33H2,1-2H3. The van der Waals surface area contributed by atoms with Crippen LogP contribution in [0.15, 0.2) is 140 Å². The van der Waals surface area contributed by atoms with Crippen molar-refractivity contribution in [2.45, 2.75) is 95.3 Å². The Bertz CT molecular complexity index is 2330. The zero-order valence-electron chi connectivity index (χ0n) is 33.3. The number of hydrogen-bond acceptors (Lipinski definition) is 1. The van der Waals surface area contributed by atoms with Crippen LogP contribution in [-0.4, -0.2) is 0 Å². The van der Waals surface area contributed by atoms with Gasteiger partial charge in [-0.05, 0) is 179 Å². The van der Waals surface area contributed by atoms with E-state index in [2.05, 4.69) is 158 Å². The molecular weight excluding hydrogens is 675 g/mol. The first-order valence-corrected chi connectivity index (χ1v) is 21.9. The Kier molecular flexibility index (Phi) is 8.38. The van der Waals surface area contributed by atoms with Crippen molar-refractivity contribution in [2.24, 2.45) is 23.7 Å². The van der Waals surface area contributed by atoms with Crippen molar-refractivity contribution in [3.8, 4) is 33.4 Å². The summed E-state index contributed by atoms with van der Waals surface area (Å²) in [5.41, 5.74) is 17.4. The second-order valence-electron chi connectivity index (χ2n) is 18.9. The minimum absolute atomic E-state index is 0.125. The Morgan fingerprint density at radius 1 is 0.446 bits per heavy atom. The topological polar surface area (TPSA) is 3.24 Å². The van der Waals surface area contributed by atoms with Crippen LogP contribution in [0.1, 0.15) is 112 Å². The lowest BCUT2D eigenvalue weighted by Crippen LogP contribution is -2.43. The number of nitrogens with zero attached hydrogens (tertiary/aromatic N) is 1. The van der Waals surface area contributed by atoms with E-state index in [4.69, 9.17) is 0 Å². The zero-order chi connectivity index (χ0) is 37.4. The summed E-state index contributed by atoms with van der Waals surface area (Å²) >= 11 is 0. The summed E-state index contributed by atoms with van der Waals surface area (Å²) in [4.78, 5) is 2.53. The fourth-order valence-electron chi connectivity index (χ4n) is 12.6. The molecule has 6 aliphatic rings. The first-order valence-electron chi connectivity index (χ1n) is 21.9. The lowest BCUT2D eigenvalue weighted by molar-refractivity contribution is -0.00277. The molecule has 56 heavy (non-hydrogen) atoms. The van der Waals surface area contributed by atoms with E-state index in [-0.39, 0.29) is 5.41 Å². The molecule has 0 amide bonds. The highest BCUT2D eigenvalue weighted by atomic mass is 15.1. The van der Waals surface area contributed by atoms with Gasteiger partial charge in [0, 0.05) is 22.5 Å². The molecule has 12 rings (SSSR count). The maximum absolute atomic E-state index is 2.53. The number of benzene rings is 6. The maximum atomic E-state index is 2.53. The second-order valence-corrected chi connectivity index (χ2v) is 18.9. The van der Waals surface area contributed by atoms with Crippen LogP contribution in [0, 0.1) is 23.7 Å². The van der Waals surface area contributed by atoms with Crippen molar-refractivity contribution in [3.05, 3.63) is 162 Å². The van der Waals surface area contributed by atoms with Crippen molar-refractivity contribution in [1.29, 1.82) is 0 Å². The van der Waals surface area contributed by atoms with Gasteiger partial charge in [0.2, 0.25) is 0 Å². The molecular formula is C55H55N. The van der Waals surface area contributed by atoms with Gasteiger partial charge in [-0.2, -0.15) is 0 Å². The first kappa shape index (κ1) is 34.4. The second kappa shape index (κ2) is 13.7. The van der Waals surface area contributed by atoms with Crippen LogP contribution >= 0.6 is 0 Å². The number of anilines is 3. The van der Waals surface area contributed by atoms with Gasteiger partial charge < -0.3 is 4.90 Å². The Morgan fingerprint density at radius 2 is 0.946 bits per heavy atom. The van der Waals surface area contributed by atoms with E-state index < -0.39 is 0 Å². The Balaban J connectivity index is 0.936. The van der Waals surface area contributed by atoms with Crippen LogP contribution in [0.4, 0.5) is 17.1 Å². The number of hydrogen-bond donors (Lipinski definition) is 0. The molecule has 0 N–H and O–H groups in total. The lowest BCUT2D eigenvalue weighted by Gasteiger charge is -2.54. The van der Waals surface area contributed by atoms with Gasteiger partial charge in [-0.15, -0.1) is 0 Å². The average Bonchev–Trinajstić information content (AvgIpc) is 3.47. The molecule has 0 aromatic heterocycles. The van der Waals surface area contributed by atoms with Crippen LogP contribution in [-0.2, 0) is 5.41 Å². The summed E-state index contributed by atoms with van der Waals surface area (Å²) in [6.45, 7) is 4.85. The monoisotopic (exact) mass is 729 g/mol. The maximum Gasteiger partial charge on any atom is 0.0465 e. The van der Waals surface area contributed by atoms with Gasteiger partial charge in [-0.1, -0.05) is 130 Å². The van der Waals surface area contributed by atoms with E-state index in [1.807, 2.05) is 0 Å². The third-order valence-corrected chi connectivity index (χ3v) is 15.2. The van der Waals surface area contributed by atoms with E-state index >= 15 is 0 Å². The Hall–Kier alpha value is -4.88. The molecule has 6 aliphatic carbocycles. The molecule has 0 radical (unpaired) electrons. The average molecular weight is 730 g/mol. The summed E-state index contributed by atoms with van der Waals surface area (Å²) in [6.07, 6.45) is 14.2. The number of fused-ring (bicyclic) bond motifs is 3. The molecule has 0 spiro atoms. The molecule has 5 fully saturated rings. The van der Waals surface area contributed by atoms with Crippen LogP contribution in [0.25, 0.3) is 33.4 Å². The van der Waals surface area contributed by atoms with Gasteiger partial charge in [0.25, 0.3) is 0 Å². The molecule has 1 nitrogen and oxygen atoms in total. The highest BCUT2D eigenvalue weighted by Gasteiger charge is 2.48. The third-order valence-electron chi connectivity index (χ3n) is 15.2. The molecule has 1 heteroatoms. The van der Waals surface area contributed by atoms with Crippen molar-refractivity contribution in [2.75, 3.05) is 4.90 Å². The molecule has 280 valence electrons. The fraction of sp³-hybridized carbons (Fsp3) is 0.345. The number of rotatable bonds is 7. The quantitative estimate of drug-likeness (QED) is 0.158. The van der Waals surface area contributed by atoms with E-state index in [9.17, 15) is 0 Å². The molecule has 6 aromatic rings. The summed E-state index contributed by atoms with van der Waals surface area (Å²) < 4.78 is 0. The molecule has 0 aliphatic heterocycles. The zero-order valence-corrected chi connectivity index (χ0v) is 33.3. The van der Waals surface area contributed by atoms with Crippen LogP contribution in [0.3, 0.4) is 0 Å². The molecule has 5 saturated carbocycles. The molecule has 0 atom stereocenters. The predicted octanol–water partition coefficient (Wildman–Crippen LogP) is 15.4. The van der Waals surface area contributed by atoms with Crippen LogP contribution in [0.2, 0.25) is 0 Å². The predicted molar refractivity (Wildman–Crippen MR) is 235 cm³/mol. The van der Waals surface area contributed by atoms with Gasteiger partial charge in [-0.3, -0.25) is 0 Å². The van der Waals surface area contributed by atoms with Crippen molar-refractivity contribution in [1.82, 2.24) is 0 Å². The summed E-state index contributed by atoms with van der Waals surface area (Å²) in [7, 11) is 0. The van der Waals surface area contributed by atoms with Gasteiger partial charge in [-0.25, -0.2) is 0 Å². The summed E-state index contributed by atoms with van der Waals surface area (Å²) in [5, 5.41) is 0. The van der Waals surface area contributed by atoms with Gasteiger partial charge >= 0.3 is 0 Å². The SMILES string of the molecule is CC1(C)c2cc(-c3ccc(-c4ccccc4)cc3)ccc2-c2ccc(N(c3ccc(C4CCCCC4)cc3)c3ccc(C4C5CC6CC(C5)CC4C6)cc3)cc21. The first-order chi connectivity index (χ1) is 27.5. The van der Waals surface area contributed by atoms with Crippen LogP contribution in [0.5, 0.6) is 0 Å². The fourth-order valence-corrected chi connectivity index (χ4v) is 12.6. The van der Waals surface area contributed by atoms with Gasteiger partial charge in [0.15, 0.2) is 0 Å². The summed E-state index contributed by atoms with van der Waals surface area (Å²) in [5.74, 6) is 5.27. The van der Waals surface area contributed by atoms with Crippen molar-refractivity contribution in [3.63, 3.8) is 0 Å². The highest BCUT2D eigenvalue weighted by Crippen LogP contribution is 2.60. The smallest absolute Gasteiger partial charge is 0.0465 e. The molecule has 4 bridgehead atoms. The third kappa shape index (κ3) is 5.88. The Labute approximate surface area is 334 Å². The van der Waals surface area contributed by atoms with E-state index in [0.29, 0.717) is 5.92 Å².